The van der Waals surface area contributed by atoms with Gasteiger partial charge in [0.15, 0.2) is 0 Å². The molecule has 0 radical (unpaired) electrons. The highest BCUT2D eigenvalue weighted by atomic mass is 35.5. The number of halogens is 1. The molecule has 0 amide bonds. The normalized spacial score (nSPS) is 16.2. The smallest absolute Gasteiger partial charge is 0.0475 e. The van der Waals surface area contributed by atoms with Crippen LogP contribution in [0.4, 0.5) is 0 Å². The average molecular weight is 251 g/mol. The Labute approximate surface area is 110 Å². The maximum atomic E-state index is 6.53. The molecule has 0 spiro atoms. The van der Waals surface area contributed by atoms with Gasteiger partial charge in [-0.15, -0.1) is 0 Å². The molecule has 0 aromatic heterocycles. The van der Waals surface area contributed by atoms with Crippen LogP contribution in [0.3, 0.4) is 0 Å². The molecule has 0 nitrogen and oxygen atoms in total. The van der Waals surface area contributed by atoms with Gasteiger partial charge in [-0.2, -0.15) is 0 Å². The first kappa shape index (κ1) is 13.0. The van der Waals surface area contributed by atoms with E-state index in [1.54, 1.807) is 16.7 Å². The molecule has 0 atom stereocenters. The third-order valence-electron chi connectivity index (χ3n) is 4.05. The lowest BCUT2D eigenvalue weighted by molar-refractivity contribution is 0.885. The highest BCUT2D eigenvalue weighted by Crippen LogP contribution is 2.41. The van der Waals surface area contributed by atoms with E-state index >= 15 is 0 Å². The zero-order chi connectivity index (χ0) is 12.4. The van der Waals surface area contributed by atoms with E-state index in [0.717, 1.165) is 5.02 Å². The molecule has 17 heavy (non-hydrogen) atoms. The number of benzene rings is 1. The van der Waals surface area contributed by atoms with Crippen molar-refractivity contribution in [2.75, 3.05) is 0 Å². The lowest BCUT2D eigenvalue weighted by atomic mass is 9.92. The summed E-state index contributed by atoms with van der Waals surface area (Å²) in [5.74, 6) is 0. The van der Waals surface area contributed by atoms with Crippen LogP contribution < -0.4 is 0 Å². The molecule has 0 fully saturated rings. The van der Waals surface area contributed by atoms with Crippen molar-refractivity contribution in [1.29, 1.82) is 0 Å². The fourth-order valence-corrected chi connectivity index (χ4v) is 3.85. The Balaban J connectivity index is 0.000000514. The number of fused-ring (bicyclic) bond motifs is 2. The Bertz CT molecular complexity index is 383. The highest BCUT2D eigenvalue weighted by Gasteiger charge is 2.26. The van der Waals surface area contributed by atoms with Crippen LogP contribution in [0.1, 0.15) is 61.4 Å². The van der Waals surface area contributed by atoms with E-state index in [0.29, 0.717) is 0 Å². The molecule has 94 valence electrons. The summed E-state index contributed by atoms with van der Waals surface area (Å²) in [6.07, 6.45) is 8.79. The van der Waals surface area contributed by atoms with E-state index in [4.69, 9.17) is 11.6 Å². The molecular weight excluding hydrogens is 228 g/mol. The third-order valence-corrected chi connectivity index (χ3v) is 4.50. The predicted octanol–water partition coefficient (Wildman–Crippen LogP) is 4.91. The van der Waals surface area contributed by atoms with Crippen molar-refractivity contribution in [2.45, 2.75) is 65.7 Å². The zero-order valence-electron chi connectivity index (χ0n) is 11.3. The summed E-state index contributed by atoms with van der Waals surface area (Å²) in [6, 6.07) is 0. The predicted molar refractivity (Wildman–Crippen MR) is 76.2 cm³/mol. The molecular formula is C16H23Cl. The molecule has 0 heterocycles. The van der Waals surface area contributed by atoms with Crippen LogP contribution in [-0.2, 0) is 32.1 Å². The Morgan fingerprint density at radius 1 is 0.824 bits per heavy atom. The minimum atomic E-state index is 1.13. The van der Waals surface area contributed by atoms with Gasteiger partial charge in [0.05, 0.1) is 0 Å². The monoisotopic (exact) mass is 250 g/mol. The topological polar surface area (TPSA) is 0 Å². The van der Waals surface area contributed by atoms with E-state index in [1.807, 2.05) is 13.8 Å². The largest absolute Gasteiger partial charge is 0.0837 e. The maximum Gasteiger partial charge on any atom is 0.0475 e. The molecule has 1 heteroatoms. The van der Waals surface area contributed by atoms with Gasteiger partial charge in [0.25, 0.3) is 0 Å². The minimum absolute atomic E-state index is 1.13. The first-order chi connectivity index (χ1) is 8.33. The first-order valence-corrected chi connectivity index (χ1v) is 7.54. The van der Waals surface area contributed by atoms with Crippen molar-refractivity contribution in [3.05, 3.63) is 32.8 Å². The van der Waals surface area contributed by atoms with Crippen LogP contribution in [0.15, 0.2) is 0 Å². The molecule has 2 aliphatic carbocycles. The summed E-state index contributed by atoms with van der Waals surface area (Å²) >= 11 is 6.53. The second-order valence-corrected chi connectivity index (χ2v) is 5.15. The molecule has 0 aliphatic heterocycles. The Morgan fingerprint density at radius 3 is 1.65 bits per heavy atom. The van der Waals surface area contributed by atoms with E-state index < -0.39 is 0 Å². The average Bonchev–Trinajstić information content (AvgIpc) is 3.00. The SMILES string of the molecule is CC.CCc1c2c(c(Cl)c3c1CCC3)CCC2. The van der Waals surface area contributed by atoms with Gasteiger partial charge in [-0.05, 0) is 72.8 Å². The van der Waals surface area contributed by atoms with Gasteiger partial charge in [-0.3, -0.25) is 0 Å². The van der Waals surface area contributed by atoms with Gasteiger partial charge in [-0.25, -0.2) is 0 Å². The number of hydrogen-bond acceptors (Lipinski definition) is 0. The summed E-state index contributed by atoms with van der Waals surface area (Å²) in [4.78, 5) is 0. The zero-order valence-corrected chi connectivity index (χ0v) is 12.1. The van der Waals surface area contributed by atoms with Crippen molar-refractivity contribution < 1.29 is 0 Å². The minimum Gasteiger partial charge on any atom is -0.0837 e. The molecule has 1 aromatic carbocycles. The number of hydrogen-bond donors (Lipinski definition) is 0. The molecule has 1 aromatic rings. The Hall–Kier alpha value is -0.490. The second-order valence-electron chi connectivity index (χ2n) is 4.77. The van der Waals surface area contributed by atoms with Gasteiger partial charge >= 0.3 is 0 Å². The molecule has 0 saturated carbocycles. The van der Waals surface area contributed by atoms with Crippen LogP contribution in [0, 0.1) is 0 Å². The fourth-order valence-electron chi connectivity index (χ4n) is 3.43. The summed E-state index contributed by atoms with van der Waals surface area (Å²) in [5.41, 5.74) is 7.87. The maximum absolute atomic E-state index is 6.53. The van der Waals surface area contributed by atoms with Crippen molar-refractivity contribution in [3.8, 4) is 0 Å². The molecule has 0 bridgehead atoms. The van der Waals surface area contributed by atoms with Crippen LogP contribution in [-0.4, -0.2) is 0 Å². The molecule has 0 saturated heterocycles. The highest BCUT2D eigenvalue weighted by molar-refractivity contribution is 6.32. The van der Waals surface area contributed by atoms with Gasteiger partial charge in [-0.1, -0.05) is 32.4 Å². The molecule has 0 N–H and O–H groups in total. The lowest BCUT2D eigenvalue weighted by Crippen LogP contribution is -2.01. The summed E-state index contributed by atoms with van der Waals surface area (Å²) in [7, 11) is 0. The summed E-state index contributed by atoms with van der Waals surface area (Å²) in [5, 5.41) is 1.13. The molecule has 0 unspecified atom stereocenters. The Kier molecular flexibility index (Phi) is 4.14. The fraction of sp³-hybridized carbons (Fsp3) is 0.625. The quantitative estimate of drug-likeness (QED) is 0.665. The number of rotatable bonds is 1. The van der Waals surface area contributed by atoms with Gasteiger partial charge < -0.3 is 0 Å². The Morgan fingerprint density at radius 2 is 1.24 bits per heavy atom. The third kappa shape index (κ3) is 2.01. The van der Waals surface area contributed by atoms with Crippen molar-refractivity contribution in [1.82, 2.24) is 0 Å². The van der Waals surface area contributed by atoms with Crippen molar-refractivity contribution in [2.24, 2.45) is 0 Å². The van der Waals surface area contributed by atoms with E-state index in [-0.39, 0.29) is 0 Å². The van der Waals surface area contributed by atoms with Gasteiger partial charge in [0, 0.05) is 5.02 Å². The van der Waals surface area contributed by atoms with E-state index in [9.17, 15) is 0 Å². The van der Waals surface area contributed by atoms with Crippen LogP contribution in [0.2, 0.25) is 5.02 Å². The lowest BCUT2D eigenvalue weighted by Gasteiger charge is -2.15. The van der Waals surface area contributed by atoms with Crippen LogP contribution >= 0.6 is 11.6 Å². The van der Waals surface area contributed by atoms with Crippen molar-refractivity contribution >= 4 is 11.6 Å². The molecule has 2 aliphatic rings. The summed E-state index contributed by atoms with van der Waals surface area (Å²) < 4.78 is 0. The van der Waals surface area contributed by atoms with Gasteiger partial charge in [0.2, 0.25) is 0 Å². The summed E-state index contributed by atoms with van der Waals surface area (Å²) in [6.45, 7) is 6.29. The van der Waals surface area contributed by atoms with Crippen LogP contribution in [0.25, 0.3) is 0 Å². The second kappa shape index (κ2) is 5.44. The van der Waals surface area contributed by atoms with Crippen LogP contribution in [0.5, 0.6) is 0 Å². The van der Waals surface area contributed by atoms with Gasteiger partial charge in [0.1, 0.15) is 0 Å². The molecule has 3 rings (SSSR count). The van der Waals surface area contributed by atoms with E-state index in [1.165, 1.54) is 56.1 Å². The van der Waals surface area contributed by atoms with Crippen molar-refractivity contribution in [3.63, 3.8) is 0 Å². The first-order valence-electron chi connectivity index (χ1n) is 7.16. The standard InChI is InChI=1S/C14H17Cl.C2H6/c1-2-9-10-5-3-7-12(10)14(15)13-8-4-6-11(9)13;1-2/h2-8H2,1H3;1-2H3. The van der Waals surface area contributed by atoms with E-state index in [2.05, 4.69) is 6.92 Å².